The monoisotopic (exact) mass is 772 g/mol. The van der Waals surface area contributed by atoms with Crippen LogP contribution in [0.1, 0.15) is 11.1 Å². The minimum Gasteiger partial charge on any atom is -0.368 e. The van der Waals surface area contributed by atoms with E-state index in [1.807, 2.05) is 12.1 Å². The van der Waals surface area contributed by atoms with Gasteiger partial charge in [0.15, 0.2) is 0 Å². The third-order valence-electron chi connectivity index (χ3n) is 10.2. The van der Waals surface area contributed by atoms with Gasteiger partial charge < -0.3 is 20.4 Å². The van der Waals surface area contributed by atoms with E-state index in [0.717, 1.165) is 82.5 Å². The summed E-state index contributed by atoms with van der Waals surface area (Å²) in [5, 5.41) is 8.10. The molecular formula is C38H40N6O6S3. The second-order valence-electron chi connectivity index (χ2n) is 13.4. The van der Waals surface area contributed by atoms with E-state index in [2.05, 4.69) is 20.4 Å². The predicted molar refractivity (Wildman–Crippen MR) is 207 cm³/mol. The van der Waals surface area contributed by atoms with E-state index in [4.69, 9.17) is 0 Å². The van der Waals surface area contributed by atoms with Gasteiger partial charge >= 0.3 is 0 Å². The average molecular weight is 773 g/mol. The summed E-state index contributed by atoms with van der Waals surface area (Å²) in [7, 11) is -13.8. The first-order valence-corrected chi connectivity index (χ1v) is 21.9. The Morgan fingerprint density at radius 1 is 0.491 bits per heavy atom. The molecule has 8 rings (SSSR count). The van der Waals surface area contributed by atoms with Gasteiger partial charge in [-0.25, -0.2) is 33.2 Å². The van der Waals surface area contributed by atoms with Crippen molar-refractivity contribution in [2.75, 3.05) is 62.2 Å². The number of sulfone groups is 1. The van der Waals surface area contributed by atoms with E-state index < -0.39 is 49.5 Å². The smallest absolute Gasteiger partial charge is 0.269 e. The molecule has 6 aromatic rings. The zero-order valence-corrected chi connectivity index (χ0v) is 31.8. The number of anilines is 2. The Balaban J connectivity index is 1.26. The summed E-state index contributed by atoms with van der Waals surface area (Å²) >= 11 is 0. The van der Waals surface area contributed by atoms with Gasteiger partial charge in [-0.2, -0.15) is 0 Å². The van der Waals surface area contributed by atoms with Gasteiger partial charge in [0.2, 0.25) is 9.84 Å². The fourth-order valence-corrected chi connectivity index (χ4v) is 13.8. The largest absolute Gasteiger partial charge is 0.368 e. The minimum atomic E-state index is -4.77. The van der Waals surface area contributed by atoms with E-state index >= 15 is 0 Å². The lowest BCUT2D eigenvalue weighted by Gasteiger charge is -2.30. The molecule has 0 spiro atoms. The molecule has 2 aliphatic heterocycles. The molecule has 4 heterocycles. The summed E-state index contributed by atoms with van der Waals surface area (Å²) < 4.78 is 90.8. The van der Waals surface area contributed by atoms with Crippen LogP contribution in [0.5, 0.6) is 0 Å². The van der Waals surface area contributed by atoms with Crippen LogP contribution in [0.25, 0.3) is 21.8 Å². The second-order valence-corrected chi connectivity index (χ2v) is 18.8. The minimum absolute atomic E-state index is 0.208. The van der Waals surface area contributed by atoms with Gasteiger partial charge in [0.05, 0.1) is 20.8 Å². The molecule has 0 unspecified atom stereocenters. The first kappa shape index (κ1) is 35.4. The highest BCUT2D eigenvalue weighted by molar-refractivity contribution is 7.95. The maximum Gasteiger partial charge on any atom is 0.269 e. The molecule has 2 fully saturated rings. The molecule has 12 nitrogen and oxygen atoms in total. The van der Waals surface area contributed by atoms with Gasteiger partial charge in [-0.05, 0) is 73.5 Å². The highest BCUT2D eigenvalue weighted by Crippen LogP contribution is 2.39. The number of nitrogens with zero attached hydrogens (tertiary/aromatic N) is 4. The molecule has 276 valence electrons. The van der Waals surface area contributed by atoms with E-state index in [1.165, 1.54) is 36.7 Å². The third-order valence-corrected chi connectivity index (χ3v) is 16.1. The van der Waals surface area contributed by atoms with Crippen molar-refractivity contribution >= 4 is 63.1 Å². The molecule has 0 aliphatic carbocycles. The first-order valence-electron chi connectivity index (χ1n) is 17.5. The number of aryl methyl sites for hydroxylation is 2. The standard InChI is InChI=1S/C38H40N6O6S3/c1-27-7-3-13-35(37(27)52(47,48)43-21-15-29-31(9-5-11-33(29)43)41-23-17-39-18-24-41)51(45,46)36-14-4-8-28(2)38(36)53(49,50)44-22-16-30-32(10-6-12-34(30)44)42-25-19-40-20-26-42/h3-16,21-22,39-40H,17-20,23-26H2,1-2H3. The molecule has 0 radical (unpaired) electrons. The number of benzene rings is 4. The molecule has 15 heteroatoms. The molecule has 2 aromatic heterocycles. The van der Waals surface area contributed by atoms with E-state index in [-0.39, 0.29) is 11.1 Å². The lowest BCUT2D eigenvalue weighted by atomic mass is 10.2. The Bertz CT molecular complexity index is 2550. The lowest BCUT2D eigenvalue weighted by Crippen LogP contribution is -2.43. The van der Waals surface area contributed by atoms with Gasteiger partial charge in [-0.1, -0.05) is 36.4 Å². The van der Waals surface area contributed by atoms with Crippen molar-refractivity contribution in [3.05, 3.63) is 108 Å². The van der Waals surface area contributed by atoms with Crippen LogP contribution < -0.4 is 20.4 Å². The average Bonchev–Trinajstić information content (AvgIpc) is 3.81. The number of aromatic nitrogens is 2. The molecule has 0 saturated carbocycles. The van der Waals surface area contributed by atoms with Crippen molar-refractivity contribution in [1.82, 2.24) is 18.6 Å². The fraction of sp³-hybridized carbons (Fsp3) is 0.263. The predicted octanol–water partition coefficient (Wildman–Crippen LogP) is 4.34. The molecule has 0 bridgehead atoms. The number of hydrogen-bond acceptors (Lipinski definition) is 10. The van der Waals surface area contributed by atoms with Gasteiger partial charge in [0, 0.05) is 86.9 Å². The molecule has 0 atom stereocenters. The van der Waals surface area contributed by atoms with Crippen LogP contribution in [0.2, 0.25) is 0 Å². The highest BCUT2D eigenvalue weighted by Gasteiger charge is 2.36. The Morgan fingerprint density at radius 2 is 0.868 bits per heavy atom. The Morgan fingerprint density at radius 3 is 1.26 bits per heavy atom. The van der Waals surface area contributed by atoms with Gasteiger partial charge in [0.25, 0.3) is 20.0 Å². The molecule has 53 heavy (non-hydrogen) atoms. The van der Waals surface area contributed by atoms with Gasteiger partial charge in [-0.3, -0.25) is 0 Å². The second kappa shape index (κ2) is 13.3. The number of piperazine rings is 2. The van der Waals surface area contributed by atoms with Crippen LogP contribution in [-0.4, -0.2) is 85.6 Å². The van der Waals surface area contributed by atoms with Crippen molar-refractivity contribution in [3.63, 3.8) is 0 Å². The number of hydrogen-bond donors (Lipinski definition) is 2. The van der Waals surface area contributed by atoms with E-state index in [9.17, 15) is 25.3 Å². The third kappa shape index (κ3) is 5.81. The van der Waals surface area contributed by atoms with E-state index in [0.29, 0.717) is 11.0 Å². The quantitative estimate of drug-likeness (QED) is 0.230. The van der Waals surface area contributed by atoms with Crippen molar-refractivity contribution < 1.29 is 25.3 Å². The molecular weight excluding hydrogens is 733 g/mol. The maximum atomic E-state index is 14.9. The summed E-state index contributed by atoms with van der Waals surface area (Å²) in [6.07, 6.45) is 2.89. The van der Waals surface area contributed by atoms with Gasteiger partial charge in [-0.15, -0.1) is 0 Å². The van der Waals surface area contributed by atoms with Crippen LogP contribution >= 0.6 is 0 Å². The van der Waals surface area contributed by atoms with Crippen molar-refractivity contribution in [3.8, 4) is 0 Å². The zero-order valence-electron chi connectivity index (χ0n) is 29.4. The van der Waals surface area contributed by atoms with E-state index in [1.54, 1.807) is 62.4 Å². The Kier molecular flexibility index (Phi) is 8.89. The first-order chi connectivity index (χ1) is 25.4. The fourth-order valence-electron chi connectivity index (χ4n) is 7.69. The number of fused-ring (bicyclic) bond motifs is 2. The number of nitrogens with one attached hydrogen (secondary N) is 2. The number of rotatable bonds is 8. The van der Waals surface area contributed by atoms with Crippen LogP contribution in [0.3, 0.4) is 0 Å². The Hall–Kier alpha value is -4.67. The molecule has 2 aliphatic rings. The lowest BCUT2D eigenvalue weighted by molar-refractivity contribution is 0.572. The molecule has 2 saturated heterocycles. The summed E-state index contributed by atoms with van der Waals surface area (Å²) in [6, 6.07) is 22.8. The summed E-state index contributed by atoms with van der Waals surface area (Å²) in [5.74, 6) is 0. The van der Waals surface area contributed by atoms with Crippen molar-refractivity contribution in [2.45, 2.75) is 33.4 Å². The summed E-state index contributed by atoms with van der Waals surface area (Å²) in [6.45, 7) is 9.32. The van der Waals surface area contributed by atoms with Crippen molar-refractivity contribution in [1.29, 1.82) is 0 Å². The van der Waals surface area contributed by atoms with Crippen LogP contribution in [-0.2, 0) is 29.9 Å². The van der Waals surface area contributed by atoms with Gasteiger partial charge in [0.1, 0.15) is 9.79 Å². The summed E-state index contributed by atoms with van der Waals surface area (Å²) in [5.41, 5.74) is 3.02. The maximum absolute atomic E-state index is 14.9. The Labute approximate surface area is 309 Å². The summed E-state index contributed by atoms with van der Waals surface area (Å²) in [4.78, 5) is 2.55. The van der Waals surface area contributed by atoms with Crippen molar-refractivity contribution in [2.24, 2.45) is 0 Å². The molecule has 4 aromatic carbocycles. The normalized spacial score (nSPS) is 16.1. The molecule has 0 amide bonds. The van der Waals surface area contributed by atoms with Crippen LogP contribution in [0.15, 0.2) is 117 Å². The molecule has 2 N–H and O–H groups in total. The topological polar surface area (TPSA) is 143 Å². The van der Waals surface area contributed by atoms with Crippen LogP contribution in [0.4, 0.5) is 11.4 Å². The zero-order chi connectivity index (χ0) is 37.1. The highest BCUT2D eigenvalue weighted by atomic mass is 32.2. The van der Waals surface area contributed by atoms with Crippen LogP contribution in [0, 0.1) is 13.8 Å². The SMILES string of the molecule is Cc1cccc(S(=O)(=O)c2cccc(C)c2S(=O)(=O)n2ccc3c(N4CCNCC4)cccc32)c1S(=O)(=O)n1ccc2c(N3CCNCC3)cccc21.